The number of fused-ring (bicyclic) bond motifs is 2. The molecule has 45 heavy (non-hydrogen) atoms. The molecule has 0 bridgehead atoms. The molecule has 1 aromatic heterocycles. The zero-order chi connectivity index (χ0) is 32.2. The highest BCUT2D eigenvalue weighted by Crippen LogP contribution is 2.34. The topological polar surface area (TPSA) is 92.1 Å². The van der Waals surface area contributed by atoms with Gasteiger partial charge in [0.2, 0.25) is 5.91 Å². The van der Waals surface area contributed by atoms with E-state index in [1.54, 1.807) is 19.3 Å². The molecule has 0 aliphatic carbocycles. The summed E-state index contributed by atoms with van der Waals surface area (Å²) in [5.41, 5.74) is 3.44. The van der Waals surface area contributed by atoms with E-state index in [9.17, 15) is 4.79 Å². The Morgan fingerprint density at radius 3 is 2.31 bits per heavy atom. The van der Waals surface area contributed by atoms with Crippen LogP contribution in [0.3, 0.4) is 0 Å². The van der Waals surface area contributed by atoms with Gasteiger partial charge >= 0.3 is 6.01 Å². The van der Waals surface area contributed by atoms with Crippen molar-refractivity contribution in [3.05, 3.63) is 65.9 Å². The third kappa shape index (κ3) is 9.16. The second kappa shape index (κ2) is 16.8. The number of piperazine rings is 1. The van der Waals surface area contributed by atoms with E-state index < -0.39 is 0 Å². The van der Waals surface area contributed by atoms with Crippen LogP contribution in [0, 0.1) is 11.3 Å². The fraction of sp³-hybridized carbons (Fsp3) is 0.486. The number of nitrogens with zero attached hydrogens (tertiary/aromatic N) is 8. The Hall–Kier alpha value is -4.20. The number of methoxy groups -OCH3 is 1. The van der Waals surface area contributed by atoms with Crippen LogP contribution >= 0.6 is 0 Å². The number of rotatable bonds is 6. The van der Waals surface area contributed by atoms with Crippen LogP contribution in [0.4, 0.5) is 11.5 Å². The molecule has 10 nitrogen and oxygen atoms in total. The van der Waals surface area contributed by atoms with Crippen LogP contribution in [0.2, 0.25) is 0 Å². The van der Waals surface area contributed by atoms with Gasteiger partial charge in [0.25, 0.3) is 0 Å². The molecular formula is C35H48N8O2. The molecule has 3 aliphatic rings. The highest BCUT2D eigenvalue weighted by Gasteiger charge is 2.28. The van der Waals surface area contributed by atoms with Gasteiger partial charge in [-0.3, -0.25) is 4.79 Å². The van der Waals surface area contributed by atoms with Gasteiger partial charge in [-0.05, 0) is 64.9 Å². The number of likely N-dealkylation sites (tertiary alicyclic amines) is 1. The molecule has 2 fully saturated rings. The van der Waals surface area contributed by atoms with E-state index in [2.05, 4.69) is 64.2 Å². The minimum atomic E-state index is 0.0736. The van der Waals surface area contributed by atoms with Crippen LogP contribution < -0.4 is 14.5 Å². The Bertz CT molecular complexity index is 1460. The predicted molar refractivity (Wildman–Crippen MR) is 182 cm³/mol. The Morgan fingerprint density at radius 2 is 1.67 bits per heavy atom. The van der Waals surface area contributed by atoms with Crippen molar-refractivity contribution in [3.63, 3.8) is 0 Å². The number of hydrogen-bond acceptors (Lipinski definition) is 9. The van der Waals surface area contributed by atoms with Gasteiger partial charge in [0.05, 0.1) is 25.4 Å². The van der Waals surface area contributed by atoms with Gasteiger partial charge in [0.1, 0.15) is 5.82 Å². The predicted octanol–water partition coefficient (Wildman–Crippen LogP) is 4.21. The highest BCUT2D eigenvalue weighted by molar-refractivity contribution is 5.94. The van der Waals surface area contributed by atoms with Crippen molar-refractivity contribution in [1.82, 2.24) is 24.7 Å². The Labute approximate surface area is 268 Å². The molecular weight excluding hydrogens is 564 g/mol. The molecule has 3 aromatic rings. The van der Waals surface area contributed by atoms with Gasteiger partial charge in [0, 0.05) is 68.9 Å². The van der Waals surface area contributed by atoms with Gasteiger partial charge in [0.15, 0.2) is 0 Å². The molecule has 4 heterocycles. The van der Waals surface area contributed by atoms with Crippen LogP contribution in [0.1, 0.15) is 31.0 Å². The summed E-state index contributed by atoms with van der Waals surface area (Å²) < 4.78 is 5.50. The van der Waals surface area contributed by atoms with Crippen LogP contribution in [0.5, 0.6) is 6.01 Å². The van der Waals surface area contributed by atoms with Gasteiger partial charge in [-0.25, -0.2) is 0 Å². The lowest BCUT2D eigenvalue weighted by Crippen LogP contribution is -2.49. The van der Waals surface area contributed by atoms with Crippen molar-refractivity contribution in [3.8, 4) is 12.1 Å². The summed E-state index contributed by atoms with van der Waals surface area (Å²) in [5.74, 6) is 1.02. The molecule has 0 unspecified atom stereocenters. The second-order valence-electron chi connectivity index (χ2n) is 11.8. The Kier molecular flexibility index (Phi) is 12.5. The normalized spacial score (nSPS) is 16.5. The Balaban J connectivity index is 0.000000446. The van der Waals surface area contributed by atoms with Gasteiger partial charge in [-0.15, -0.1) is 0 Å². The molecule has 0 radical (unpaired) electrons. The van der Waals surface area contributed by atoms with Crippen molar-refractivity contribution in [2.24, 2.45) is 0 Å². The van der Waals surface area contributed by atoms with Crippen LogP contribution in [-0.4, -0.2) is 111 Å². The minimum absolute atomic E-state index is 0.0736. The molecule has 10 heteroatoms. The first-order chi connectivity index (χ1) is 21.8. The van der Waals surface area contributed by atoms with Crippen molar-refractivity contribution < 1.29 is 9.53 Å². The van der Waals surface area contributed by atoms with E-state index in [4.69, 9.17) is 20.0 Å². The number of likely N-dealkylation sites (N-methyl/N-ethyl adjacent to an activating group) is 1. The maximum absolute atomic E-state index is 12.6. The summed E-state index contributed by atoms with van der Waals surface area (Å²) in [6.07, 6.45) is 7.30. The number of carbonyl (C=O) groups is 1. The molecule has 2 saturated heterocycles. The monoisotopic (exact) mass is 612 g/mol. The zero-order valence-corrected chi connectivity index (χ0v) is 27.6. The summed E-state index contributed by atoms with van der Waals surface area (Å²) in [6, 6.07) is 17.1. The van der Waals surface area contributed by atoms with Crippen LogP contribution in [-0.2, 0) is 17.8 Å². The number of ether oxygens (including phenoxy) is 1. The minimum Gasteiger partial charge on any atom is -0.467 e. The SMILES string of the molecule is CC#N.CN1CCCC1.COc1nc2c(c(N3CCN(C(=O)/C=C/CN(C)C)CC3)n1)CCN(c1cccc3ccccc13)C2. The van der Waals surface area contributed by atoms with Gasteiger partial charge < -0.3 is 29.2 Å². The quantitative estimate of drug-likeness (QED) is 0.380. The summed E-state index contributed by atoms with van der Waals surface area (Å²) in [5, 5.41) is 9.82. The van der Waals surface area contributed by atoms with Crippen molar-refractivity contribution in [2.45, 2.75) is 32.7 Å². The average Bonchev–Trinajstić information content (AvgIpc) is 3.55. The molecule has 240 valence electrons. The van der Waals surface area contributed by atoms with Crippen molar-refractivity contribution in [2.75, 3.05) is 90.4 Å². The molecule has 0 N–H and O–H groups in total. The standard InChI is InChI=1S/C28H34N6O2.C5H11N.C2H3N/c1-31(2)14-7-12-26(35)32-16-18-33(19-17-32)27-23-13-15-34(20-24(23)29-28(30-27)36-3)25-11-6-9-21-8-4-5-10-22(21)25;1-6-4-2-3-5-6;1-2-3/h4-12H,13-20H2,1-3H3;2-5H2,1H3;1H3/b12-7+;;. The molecule has 2 aromatic carbocycles. The lowest BCUT2D eigenvalue weighted by Gasteiger charge is -2.38. The largest absolute Gasteiger partial charge is 0.467 e. The van der Waals surface area contributed by atoms with E-state index in [1.807, 2.05) is 30.0 Å². The lowest BCUT2D eigenvalue weighted by molar-refractivity contribution is -0.126. The summed E-state index contributed by atoms with van der Waals surface area (Å²) in [4.78, 5) is 33.1. The summed E-state index contributed by atoms with van der Waals surface area (Å²) in [6.45, 7) is 9.28. The molecule has 1 amide bonds. The number of nitriles is 1. The number of carbonyl (C=O) groups excluding carboxylic acids is 1. The lowest BCUT2D eigenvalue weighted by atomic mass is 10.0. The number of hydrogen-bond donors (Lipinski definition) is 0. The molecule has 0 atom stereocenters. The number of benzene rings is 2. The Morgan fingerprint density at radius 1 is 0.978 bits per heavy atom. The fourth-order valence-electron chi connectivity index (χ4n) is 5.91. The molecule has 6 rings (SSSR count). The van der Waals surface area contributed by atoms with Crippen molar-refractivity contribution >= 4 is 28.2 Å². The maximum atomic E-state index is 12.6. The van der Waals surface area contributed by atoms with E-state index >= 15 is 0 Å². The van der Waals surface area contributed by atoms with Gasteiger partial charge in [-0.2, -0.15) is 15.2 Å². The first-order valence-corrected chi connectivity index (χ1v) is 15.9. The number of anilines is 2. The van der Waals surface area contributed by atoms with E-state index in [0.29, 0.717) is 25.6 Å². The average molecular weight is 613 g/mol. The third-order valence-corrected chi connectivity index (χ3v) is 8.26. The van der Waals surface area contributed by atoms with Crippen molar-refractivity contribution in [1.29, 1.82) is 5.26 Å². The second-order valence-corrected chi connectivity index (χ2v) is 11.8. The van der Waals surface area contributed by atoms with Crippen LogP contribution in [0.15, 0.2) is 54.6 Å². The first-order valence-electron chi connectivity index (χ1n) is 15.9. The number of amides is 1. The van der Waals surface area contributed by atoms with E-state index in [0.717, 1.165) is 44.1 Å². The van der Waals surface area contributed by atoms with Gasteiger partial charge in [-0.1, -0.05) is 42.5 Å². The zero-order valence-electron chi connectivity index (χ0n) is 27.6. The van der Waals surface area contributed by atoms with E-state index in [-0.39, 0.29) is 5.91 Å². The summed E-state index contributed by atoms with van der Waals surface area (Å²) >= 11 is 0. The van der Waals surface area contributed by atoms with Crippen LogP contribution in [0.25, 0.3) is 10.8 Å². The number of aromatic nitrogens is 2. The molecule has 0 saturated carbocycles. The third-order valence-electron chi connectivity index (χ3n) is 8.26. The fourth-order valence-corrected chi connectivity index (χ4v) is 5.91. The molecule has 0 spiro atoms. The first kappa shape index (κ1) is 33.7. The smallest absolute Gasteiger partial charge is 0.318 e. The van der Waals surface area contributed by atoms with E-state index in [1.165, 1.54) is 54.9 Å². The molecule has 3 aliphatic heterocycles. The highest BCUT2D eigenvalue weighted by atomic mass is 16.5. The maximum Gasteiger partial charge on any atom is 0.318 e. The summed E-state index contributed by atoms with van der Waals surface area (Å²) in [7, 11) is 7.78.